The van der Waals surface area contributed by atoms with Gasteiger partial charge in [-0.1, -0.05) is 19.3 Å². The lowest BCUT2D eigenvalue weighted by Crippen LogP contribution is -2.34. The highest BCUT2D eigenvalue weighted by Gasteiger charge is 2.06. The van der Waals surface area contributed by atoms with Crippen molar-refractivity contribution in [3.05, 3.63) is 0 Å². The molecule has 3 N–H and O–H groups in total. The van der Waals surface area contributed by atoms with E-state index in [0.717, 1.165) is 12.8 Å². The zero-order chi connectivity index (χ0) is 9.40. The Balaban J connectivity index is 3.71. The summed E-state index contributed by atoms with van der Waals surface area (Å²) in [5, 5.41) is 2.71. The van der Waals surface area contributed by atoms with Crippen LogP contribution in [0, 0.1) is 12.3 Å². The molecular formula is C9H16N2O. The Bertz CT molecular complexity index is 172. The molecule has 1 unspecified atom stereocenters. The maximum atomic E-state index is 11.0. The summed E-state index contributed by atoms with van der Waals surface area (Å²) in [7, 11) is 0. The van der Waals surface area contributed by atoms with Crippen LogP contribution in [-0.2, 0) is 4.79 Å². The molecule has 0 radical (unpaired) electrons. The van der Waals surface area contributed by atoms with Gasteiger partial charge in [0.25, 0.3) is 0 Å². The topological polar surface area (TPSA) is 55.1 Å². The van der Waals surface area contributed by atoms with E-state index in [-0.39, 0.29) is 11.9 Å². The molecular weight excluding hydrogens is 152 g/mol. The van der Waals surface area contributed by atoms with Gasteiger partial charge in [0.2, 0.25) is 5.91 Å². The van der Waals surface area contributed by atoms with Crippen molar-refractivity contribution in [1.29, 1.82) is 0 Å². The van der Waals surface area contributed by atoms with E-state index in [2.05, 4.69) is 11.2 Å². The zero-order valence-corrected chi connectivity index (χ0v) is 7.47. The lowest BCUT2D eigenvalue weighted by atomic mass is 10.2. The van der Waals surface area contributed by atoms with Crippen LogP contribution in [0.2, 0.25) is 0 Å². The number of rotatable bonds is 5. The first kappa shape index (κ1) is 11.0. The van der Waals surface area contributed by atoms with Crippen LogP contribution < -0.4 is 11.1 Å². The third kappa shape index (κ3) is 4.75. The molecule has 0 aromatic rings. The first-order valence-electron chi connectivity index (χ1n) is 4.20. The van der Waals surface area contributed by atoms with Crippen molar-refractivity contribution in [1.82, 2.24) is 5.32 Å². The maximum absolute atomic E-state index is 11.0. The molecule has 0 saturated heterocycles. The van der Waals surface area contributed by atoms with E-state index in [4.69, 9.17) is 12.2 Å². The summed E-state index contributed by atoms with van der Waals surface area (Å²) in [6.07, 6.45) is 7.35. The van der Waals surface area contributed by atoms with Gasteiger partial charge in [-0.2, -0.15) is 0 Å². The van der Waals surface area contributed by atoms with Crippen LogP contribution in [0.1, 0.15) is 26.2 Å². The Morgan fingerprint density at radius 2 is 2.42 bits per heavy atom. The van der Waals surface area contributed by atoms with E-state index >= 15 is 0 Å². The molecule has 3 nitrogen and oxygen atoms in total. The van der Waals surface area contributed by atoms with Crippen LogP contribution in [0.4, 0.5) is 0 Å². The minimum Gasteiger partial charge on any atom is -0.342 e. The van der Waals surface area contributed by atoms with Gasteiger partial charge in [-0.3, -0.25) is 4.79 Å². The average molecular weight is 168 g/mol. The van der Waals surface area contributed by atoms with E-state index in [0.29, 0.717) is 13.0 Å². The van der Waals surface area contributed by atoms with Gasteiger partial charge in [-0.25, -0.2) is 0 Å². The fraction of sp³-hybridized carbons (Fsp3) is 0.667. The second-order valence-corrected chi connectivity index (χ2v) is 2.61. The molecule has 0 spiro atoms. The molecule has 1 amide bonds. The molecule has 0 aliphatic carbocycles. The molecule has 68 valence electrons. The molecule has 0 saturated carbocycles. The van der Waals surface area contributed by atoms with Gasteiger partial charge in [0.05, 0.1) is 6.04 Å². The first-order chi connectivity index (χ1) is 5.74. The Morgan fingerprint density at radius 1 is 1.75 bits per heavy atom. The average Bonchev–Trinajstić information content (AvgIpc) is 2.04. The molecule has 0 aromatic carbocycles. The molecule has 3 heteroatoms. The highest BCUT2D eigenvalue weighted by molar-refractivity contribution is 5.76. The fourth-order valence-corrected chi connectivity index (χ4v) is 0.883. The van der Waals surface area contributed by atoms with Gasteiger partial charge in [-0.05, 0) is 6.42 Å². The second-order valence-electron chi connectivity index (χ2n) is 2.61. The Morgan fingerprint density at radius 3 is 2.83 bits per heavy atom. The standard InChI is InChI=1S/C9H16N2O/c1-3-5-8(4-2)11-9(12)6-7-10/h2,8H,3,5-7,10H2,1H3,(H,11,12). The number of hydrogen-bond donors (Lipinski definition) is 2. The lowest BCUT2D eigenvalue weighted by molar-refractivity contribution is -0.121. The normalized spacial score (nSPS) is 11.8. The van der Waals surface area contributed by atoms with Crippen molar-refractivity contribution >= 4 is 5.91 Å². The number of hydrogen-bond acceptors (Lipinski definition) is 2. The van der Waals surface area contributed by atoms with Crippen LogP contribution in [0.3, 0.4) is 0 Å². The largest absolute Gasteiger partial charge is 0.342 e. The van der Waals surface area contributed by atoms with Crippen molar-refractivity contribution in [2.24, 2.45) is 5.73 Å². The summed E-state index contributed by atoms with van der Waals surface area (Å²) < 4.78 is 0. The molecule has 0 rings (SSSR count). The smallest absolute Gasteiger partial charge is 0.222 e. The Hall–Kier alpha value is -1.01. The number of amides is 1. The van der Waals surface area contributed by atoms with E-state index in [9.17, 15) is 4.79 Å². The van der Waals surface area contributed by atoms with Gasteiger partial charge >= 0.3 is 0 Å². The second kappa shape index (κ2) is 6.68. The van der Waals surface area contributed by atoms with Crippen molar-refractivity contribution in [2.75, 3.05) is 6.54 Å². The monoisotopic (exact) mass is 168 g/mol. The highest BCUT2D eigenvalue weighted by atomic mass is 16.1. The van der Waals surface area contributed by atoms with Crippen molar-refractivity contribution < 1.29 is 4.79 Å². The van der Waals surface area contributed by atoms with E-state index < -0.39 is 0 Å². The van der Waals surface area contributed by atoms with Crippen LogP contribution in [0.15, 0.2) is 0 Å². The molecule has 0 aliphatic rings. The molecule has 0 bridgehead atoms. The molecule has 0 heterocycles. The summed E-state index contributed by atoms with van der Waals surface area (Å²) in [6, 6.07) is -0.131. The fourth-order valence-electron chi connectivity index (χ4n) is 0.883. The highest BCUT2D eigenvalue weighted by Crippen LogP contribution is 1.94. The quantitative estimate of drug-likeness (QED) is 0.578. The van der Waals surface area contributed by atoms with Crippen LogP contribution in [0.5, 0.6) is 0 Å². The third-order valence-corrected chi connectivity index (χ3v) is 1.49. The van der Waals surface area contributed by atoms with Gasteiger partial charge in [0.1, 0.15) is 0 Å². The number of nitrogens with two attached hydrogens (primary N) is 1. The lowest BCUT2D eigenvalue weighted by Gasteiger charge is -2.10. The summed E-state index contributed by atoms with van der Waals surface area (Å²) in [6.45, 7) is 2.40. The minimum absolute atomic E-state index is 0.0612. The summed E-state index contributed by atoms with van der Waals surface area (Å²) in [4.78, 5) is 11.0. The molecule has 12 heavy (non-hydrogen) atoms. The summed E-state index contributed by atoms with van der Waals surface area (Å²) in [5.74, 6) is 2.46. The Labute approximate surface area is 73.7 Å². The van der Waals surface area contributed by atoms with Crippen molar-refractivity contribution in [3.8, 4) is 12.3 Å². The van der Waals surface area contributed by atoms with Crippen LogP contribution in [-0.4, -0.2) is 18.5 Å². The first-order valence-corrected chi connectivity index (χ1v) is 4.20. The number of carbonyl (C=O) groups is 1. The van der Waals surface area contributed by atoms with Gasteiger partial charge in [0.15, 0.2) is 0 Å². The number of nitrogens with one attached hydrogen (secondary N) is 1. The predicted molar refractivity (Wildman–Crippen MR) is 49.3 cm³/mol. The maximum Gasteiger partial charge on any atom is 0.222 e. The van der Waals surface area contributed by atoms with Gasteiger partial charge < -0.3 is 11.1 Å². The third-order valence-electron chi connectivity index (χ3n) is 1.49. The van der Waals surface area contributed by atoms with Crippen LogP contribution in [0.25, 0.3) is 0 Å². The van der Waals surface area contributed by atoms with Crippen molar-refractivity contribution in [3.63, 3.8) is 0 Å². The number of terminal acetylenes is 1. The van der Waals surface area contributed by atoms with Crippen LogP contribution >= 0.6 is 0 Å². The molecule has 0 fully saturated rings. The molecule has 0 aromatic heterocycles. The predicted octanol–water partition coefficient (Wildman–Crippen LogP) is 0.253. The van der Waals surface area contributed by atoms with E-state index in [1.807, 2.05) is 6.92 Å². The molecule has 1 atom stereocenters. The minimum atomic E-state index is -0.131. The van der Waals surface area contributed by atoms with Gasteiger partial charge in [0, 0.05) is 13.0 Å². The number of carbonyl (C=O) groups excluding carboxylic acids is 1. The zero-order valence-electron chi connectivity index (χ0n) is 7.47. The van der Waals surface area contributed by atoms with E-state index in [1.54, 1.807) is 0 Å². The summed E-state index contributed by atoms with van der Waals surface area (Å²) >= 11 is 0. The SMILES string of the molecule is C#CC(CCC)NC(=O)CCN. The van der Waals surface area contributed by atoms with Crippen molar-refractivity contribution in [2.45, 2.75) is 32.2 Å². The molecule has 0 aliphatic heterocycles. The van der Waals surface area contributed by atoms with Gasteiger partial charge in [-0.15, -0.1) is 6.42 Å². The Kier molecular flexibility index (Phi) is 6.12. The summed E-state index contributed by atoms with van der Waals surface area (Å²) in [5.41, 5.74) is 5.21. The van der Waals surface area contributed by atoms with E-state index in [1.165, 1.54) is 0 Å².